The van der Waals surface area contributed by atoms with E-state index < -0.39 is 6.04 Å². The molecule has 0 saturated carbocycles. The minimum atomic E-state index is -0.435. The van der Waals surface area contributed by atoms with Gasteiger partial charge in [0.05, 0.1) is 31.5 Å². The second kappa shape index (κ2) is 7.29. The van der Waals surface area contributed by atoms with E-state index in [4.69, 9.17) is 24.5 Å². The Bertz CT molecular complexity index is 564. The number of fused-ring (bicyclic) bond motifs is 1. The Balaban J connectivity index is 1.78. The Kier molecular flexibility index (Phi) is 5.15. The first kappa shape index (κ1) is 16.2. The Labute approximate surface area is 135 Å². The maximum atomic E-state index is 8.87. The summed E-state index contributed by atoms with van der Waals surface area (Å²) in [5, 5.41) is 3.88. The molecule has 2 heterocycles. The molecule has 1 aromatic carbocycles. The molecule has 2 aliphatic heterocycles. The number of rotatable bonds is 4. The lowest BCUT2D eigenvalue weighted by Crippen LogP contribution is -2.62. The number of azide groups is 1. The number of ether oxygens (including phenoxy) is 4. The van der Waals surface area contributed by atoms with Crippen LogP contribution in [0.5, 0.6) is 0 Å². The van der Waals surface area contributed by atoms with Gasteiger partial charge in [0.1, 0.15) is 12.2 Å². The number of benzene rings is 1. The highest BCUT2D eigenvalue weighted by atomic mass is 16.7. The summed E-state index contributed by atoms with van der Waals surface area (Å²) in [7, 11) is 0. The first-order valence-electron chi connectivity index (χ1n) is 7.81. The lowest BCUT2D eigenvalue weighted by atomic mass is 9.93. The van der Waals surface area contributed by atoms with E-state index in [1.807, 2.05) is 44.2 Å². The van der Waals surface area contributed by atoms with Crippen LogP contribution >= 0.6 is 0 Å². The van der Waals surface area contributed by atoms with Crippen LogP contribution in [0.3, 0.4) is 0 Å². The van der Waals surface area contributed by atoms with Gasteiger partial charge in [-0.3, -0.25) is 0 Å². The summed E-state index contributed by atoms with van der Waals surface area (Å²) in [4.78, 5) is 2.95. The molecule has 0 aliphatic carbocycles. The molecule has 124 valence electrons. The van der Waals surface area contributed by atoms with Crippen molar-refractivity contribution in [1.82, 2.24) is 0 Å². The highest BCUT2D eigenvalue weighted by molar-refractivity contribution is 5.13. The topological polar surface area (TPSA) is 85.7 Å². The fourth-order valence-corrected chi connectivity index (χ4v) is 3.08. The van der Waals surface area contributed by atoms with Gasteiger partial charge in [-0.1, -0.05) is 35.4 Å². The van der Waals surface area contributed by atoms with Crippen molar-refractivity contribution in [3.05, 3.63) is 46.3 Å². The van der Waals surface area contributed by atoms with Gasteiger partial charge >= 0.3 is 0 Å². The molecule has 7 heteroatoms. The van der Waals surface area contributed by atoms with Crippen molar-refractivity contribution in [2.75, 3.05) is 6.61 Å². The van der Waals surface area contributed by atoms with Crippen molar-refractivity contribution >= 4 is 0 Å². The van der Waals surface area contributed by atoms with E-state index in [-0.39, 0.29) is 30.7 Å². The van der Waals surface area contributed by atoms with Crippen LogP contribution in [0, 0.1) is 0 Å². The third-order valence-electron chi connectivity index (χ3n) is 4.21. The SMILES string of the molecule is CC1OCC2OC(C)[C@@H](N=[N+]=[N-])[C@H](OCc3ccccc3)C2O1. The lowest BCUT2D eigenvalue weighted by Gasteiger charge is -2.47. The zero-order valence-electron chi connectivity index (χ0n) is 13.2. The molecule has 0 amide bonds. The Hall–Kier alpha value is -1.63. The molecule has 2 saturated heterocycles. The maximum Gasteiger partial charge on any atom is 0.155 e. The first-order valence-corrected chi connectivity index (χ1v) is 7.81. The van der Waals surface area contributed by atoms with Gasteiger partial charge in [-0.25, -0.2) is 0 Å². The van der Waals surface area contributed by atoms with Crippen molar-refractivity contribution in [2.24, 2.45) is 5.11 Å². The van der Waals surface area contributed by atoms with E-state index in [0.29, 0.717) is 13.2 Å². The minimum absolute atomic E-state index is 0.216. The molecule has 2 aliphatic rings. The van der Waals surface area contributed by atoms with Gasteiger partial charge in [-0.2, -0.15) is 0 Å². The number of nitrogens with zero attached hydrogens (tertiary/aromatic N) is 3. The summed E-state index contributed by atoms with van der Waals surface area (Å²) in [5.41, 5.74) is 9.93. The van der Waals surface area contributed by atoms with Crippen molar-refractivity contribution in [1.29, 1.82) is 0 Å². The third-order valence-corrected chi connectivity index (χ3v) is 4.21. The predicted molar refractivity (Wildman–Crippen MR) is 82.6 cm³/mol. The Morgan fingerprint density at radius 3 is 2.78 bits per heavy atom. The van der Waals surface area contributed by atoms with Gasteiger partial charge in [-0.15, -0.1) is 0 Å². The normalized spacial score (nSPS) is 36.8. The van der Waals surface area contributed by atoms with Crippen LogP contribution in [0.15, 0.2) is 35.4 Å². The van der Waals surface area contributed by atoms with Gasteiger partial charge in [0.2, 0.25) is 0 Å². The monoisotopic (exact) mass is 319 g/mol. The third kappa shape index (κ3) is 3.65. The highest BCUT2D eigenvalue weighted by Gasteiger charge is 2.48. The summed E-state index contributed by atoms with van der Waals surface area (Å²) >= 11 is 0. The van der Waals surface area contributed by atoms with Crippen LogP contribution < -0.4 is 0 Å². The molecule has 2 fully saturated rings. The van der Waals surface area contributed by atoms with Crippen molar-refractivity contribution < 1.29 is 18.9 Å². The zero-order chi connectivity index (χ0) is 16.2. The molecule has 7 nitrogen and oxygen atoms in total. The lowest BCUT2D eigenvalue weighted by molar-refractivity contribution is -0.309. The largest absolute Gasteiger partial charge is 0.370 e. The quantitative estimate of drug-likeness (QED) is 0.485. The summed E-state index contributed by atoms with van der Waals surface area (Å²) in [5.74, 6) is 0. The van der Waals surface area contributed by atoms with E-state index in [9.17, 15) is 0 Å². The summed E-state index contributed by atoms with van der Waals surface area (Å²) in [6.07, 6.45) is -1.48. The average Bonchev–Trinajstić information content (AvgIpc) is 2.56. The van der Waals surface area contributed by atoms with Gasteiger partial charge in [0.15, 0.2) is 6.29 Å². The van der Waals surface area contributed by atoms with E-state index in [1.54, 1.807) is 0 Å². The van der Waals surface area contributed by atoms with Crippen LogP contribution in [-0.2, 0) is 25.6 Å². The van der Waals surface area contributed by atoms with Crippen LogP contribution in [0.25, 0.3) is 10.4 Å². The van der Waals surface area contributed by atoms with Crippen molar-refractivity contribution in [2.45, 2.75) is 57.2 Å². The molecule has 3 rings (SSSR count). The van der Waals surface area contributed by atoms with E-state index >= 15 is 0 Å². The Morgan fingerprint density at radius 2 is 2.04 bits per heavy atom. The van der Waals surface area contributed by atoms with Gasteiger partial charge < -0.3 is 18.9 Å². The van der Waals surface area contributed by atoms with Crippen molar-refractivity contribution in [3.8, 4) is 0 Å². The summed E-state index contributed by atoms with van der Waals surface area (Å²) in [6.45, 7) is 4.60. The van der Waals surface area contributed by atoms with E-state index in [1.165, 1.54) is 0 Å². The fraction of sp³-hybridized carbons (Fsp3) is 0.625. The Morgan fingerprint density at radius 1 is 1.26 bits per heavy atom. The molecule has 4 unspecified atom stereocenters. The van der Waals surface area contributed by atoms with Crippen LogP contribution in [-0.4, -0.2) is 43.4 Å². The van der Waals surface area contributed by atoms with E-state index in [2.05, 4.69) is 10.0 Å². The molecular weight excluding hydrogens is 298 g/mol. The summed E-state index contributed by atoms with van der Waals surface area (Å²) in [6, 6.07) is 9.45. The predicted octanol–water partition coefficient (Wildman–Crippen LogP) is 2.80. The molecule has 0 spiro atoms. The van der Waals surface area contributed by atoms with Gasteiger partial charge in [0.25, 0.3) is 0 Å². The molecule has 6 atom stereocenters. The average molecular weight is 319 g/mol. The first-order chi connectivity index (χ1) is 11.2. The highest BCUT2D eigenvalue weighted by Crippen LogP contribution is 2.32. The van der Waals surface area contributed by atoms with Crippen LogP contribution in [0.1, 0.15) is 19.4 Å². The van der Waals surface area contributed by atoms with Crippen LogP contribution in [0.2, 0.25) is 0 Å². The second-order valence-electron chi connectivity index (χ2n) is 5.84. The smallest absolute Gasteiger partial charge is 0.155 e. The molecule has 23 heavy (non-hydrogen) atoms. The number of hydrogen-bond donors (Lipinski definition) is 0. The standard InChI is InChI=1S/C16H21N3O4/c1-10-14(18-19-17)16(21-8-12-6-4-3-5-7-12)15-13(22-10)9-20-11(2)23-15/h3-7,10-11,13-16H,8-9H2,1-2H3/t10?,11?,13?,14-,15?,16+/m1/s1. The molecule has 0 aromatic heterocycles. The molecule has 1 aromatic rings. The molecule has 0 bridgehead atoms. The van der Waals surface area contributed by atoms with E-state index in [0.717, 1.165) is 5.56 Å². The molecule has 0 N–H and O–H groups in total. The zero-order valence-corrected chi connectivity index (χ0v) is 13.2. The van der Waals surface area contributed by atoms with Gasteiger partial charge in [0, 0.05) is 4.91 Å². The van der Waals surface area contributed by atoms with Crippen molar-refractivity contribution in [3.63, 3.8) is 0 Å². The minimum Gasteiger partial charge on any atom is -0.370 e. The molecule has 0 radical (unpaired) electrons. The summed E-state index contributed by atoms with van der Waals surface area (Å²) < 4.78 is 23.3. The number of hydrogen-bond acceptors (Lipinski definition) is 5. The second-order valence-corrected chi connectivity index (χ2v) is 5.84. The maximum absolute atomic E-state index is 8.87. The molecular formula is C16H21N3O4. The van der Waals surface area contributed by atoms with Gasteiger partial charge in [-0.05, 0) is 24.9 Å². The fourth-order valence-electron chi connectivity index (χ4n) is 3.08. The van der Waals surface area contributed by atoms with Crippen LogP contribution in [0.4, 0.5) is 0 Å².